The molecule has 1 aliphatic heterocycles. The van der Waals surface area contributed by atoms with Gasteiger partial charge in [-0.1, -0.05) is 36.4 Å². The van der Waals surface area contributed by atoms with Crippen LogP contribution in [0.4, 0.5) is 0 Å². The van der Waals surface area contributed by atoms with E-state index in [1.165, 1.54) is 0 Å². The Kier molecular flexibility index (Phi) is 5.69. The zero-order valence-electron chi connectivity index (χ0n) is 16.1. The first-order valence-corrected chi connectivity index (χ1v) is 9.40. The van der Waals surface area contributed by atoms with Crippen molar-refractivity contribution < 1.29 is 4.84 Å². The lowest BCUT2D eigenvalue weighted by Gasteiger charge is -2.19. The van der Waals surface area contributed by atoms with Crippen LogP contribution in [0.5, 0.6) is 0 Å². The van der Waals surface area contributed by atoms with E-state index in [0.717, 1.165) is 28.5 Å². The molecule has 1 aromatic carbocycles. The predicted octanol–water partition coefficient (Wildman–Crippen LogP) is 3.12. The molecule has 4 rings (SSSR count). The average molecular weight is 386 g/mol. The van der Waals surface area contributed by atoms with Crippen LogP contribution in [0.25, 0.3) is 5.69 Å². The molecule has 3 heterocycles. The Morgan fingerprint density at radius 1 is 1.03 bits per heavy atom. The quantitative estimate of drug-likeness (QED) is 0.439. The highest BCUT2D eigenvalue weighted by atomic mass is 16.7. The van der Waals surface area contributed by atoms with Gasteiger partial charge in [-0.05, 0) is 18.2 Å². The van der Waals surface area contributed by atoms with Crippen LogP contribution in [0.1, 0.15) is 22.9 Å². The summed E-state index contributed by atoms with van der Waals surface area (Å²) in [7, 11) is 0. The highest BCUT2D eigenvalue weighted by Crippen LogP contribution is 2.25. The molecule has 146 valence electrons. The number of rotatable bonds is 8. The Bertz CT molecular complexity index is 1030. The second-order valence-corrected chi connectivity index (χ2v) is 6.46. The van der Waals surface area contributed by atoms with Gasteiger partial charge in [0, 0.05) is 24.8 Å². The number of pyridine rings is 1. The van der Waals surface area contributed by atoms with Crippen molar-refractivity contribution in [2.24, 2.45) is 4.99 Å². The summed E-state index contributed by atoms with van der Waals surface area (Å²) in [5, 5.41) is 10.5. The minimum Gasteiger partial charge on any atom is -0.290 e. The van der Waals surface area contributed by atoms with Crippen LogP contribution in [-0.4, -0.2) is 43.6 Å². The number of benzene rings is 1. The summed E-state index contributed by atoms with van der Waals surface area (Å²) in [5.41, 5.74) is 3.63. The highest BCUT2D eigenvalue weighted by molar-refractivity contribution is 6.14. The SMILES string of the molecule is C=CCN(CC=C)OCc1nnc2n1-c1ccccc1C(c1ccccn1)=NC2. The van der Waals surface area contributed by atoms with Gasteiger partial charge in [-0.15, -0.1) is 23.4 Å². The van der Waals surface area contributed by atoms with Gasteiger partial charge in [0.1, 0.15) is 13.2 Å². The van der Waals surface area contributed by atoms with E-state index in [1.54, 1.807) is 23.4 Å². The molecule has 3 aromatic rings. The number of aliphatic imine (C=N–C) groups is 1. The van der Waals surface area contributed by atoms with Crippen LogP contribution >= 0.6 is 0 Å². The van der Waals surface area contributed by atoms with E-state index in [4.69, 9.17) is 9.83 Å². The number of fused-ring (bicyclic) bond motifs is 3. The predicted molar refractivity (Wildman–Crippen MR) is 112 cm³/mol. The van der Waals surface area contributed by atoms with Gasteiger partial charge in [-0.25, -0.2) is 0 Å². The fourth-order valence-electron chi connectivity index (χ4n) is 3.27. The number of hydrogen-bond acceptors (Lipinski definition) is 6. The Labute approximate surface area is 169 Å². The third-order valence-corrected chi connectivity index (χ3v) is 4.52. The first kappa shape index (κ1) is 18.9. The number of hydroxylamine groups is 2. The maximum Gasteiger partial charge on any atom is 0.165 e. The van der Waals surface area contributed by atoms with Crippen LogP contribution in [0.2, 0.25) is 0 Å². The van der Waals surface area contributed by atoms with Gasteiger partial charge in [0.25, 0.3) is 0 Å². The molecular formula is C22H22N6O. The summed E-state index contributed by atoms with van der Waals surface area (Å²) in [6.07, 6.45) is 5.35. The summed E-state index contributed by atoms with van der Waals surface area (Å²) >= 11 is 0. The number of nitrogens with zero attached hydrogens (tertiary/aromatic N) is 6. The summed E-state index contributed by atoms with van der Waals surface area (Å²) in [6, 6.07) is 13.9. The smallest absolute Gasteiger partial charge is 0.165 e. The van der Waals surface area contributed by atoms with Crippen molar-refractivity contribution in [2.45, 2.75) is 13.2 Å². The summed E-state index contributed by atoms with van der Waals surface area (Å²) in [5.74, 6) is 1.48. The molecule has 0 unspecified atom stereocenters. The van der Waals surface area contributed by atoms with Gasteiger partial charge in [-0.3, -0.25) is 19.4 Å². The second-order valence-electron chi connectivity index (χ2n) is 6.46. The normalized spacial score (nSPS) is 12.7. The van der Waals surface area contributed by atoms with E-state index in [1.807, 2.05) is 47.0 Å². The summed E-state index contributed by atoms with van der Waals surface area (Å²) in [6.45, 7) is 9.41. The molecule has 7 heteroatoms. The molecule has 0 radical (unpaired) electrons. The molecule has 29 heavy (non-hydrogen) atoms. The van der Waals surface area contributed by atoms with E-state index in [2.05, 4.69) is 28.3 Å². The van der Waals surface area contributed by atoms with Gasteiger partial charge < -0.3 is 0 Å². The van der Waals surface area contributed by atoms with Crippen LogP contribution in [-0.2, 0) is 18.0 Å². The molecule has 0 N–H and O–H groups in total. The molecule has 0 atom stereocenters. The Hall–Kier alpha value is -3.42. The molecule has 0 amide bonds. The molecule has 0 aliphatic carbocycles. The molecule has 0 spiro atoms. The molecular weight excluding hydrogens is 364 g/mol. The third-order valence-electron chi connectivity index (χ3n) is 4.52. The van der Waals surface area contributed by atoms with Crippen molar-refractivity contribution in [1.82, 2.24) is 24.8 Å². The maximum atomic E-state index is 5.92. The van der Waals surface area contributed by atoms with Gasteiger partial charge >= 0.3 is 0 Å². The van der Waals surface area contributed by atoms with Gasteiger partial charge in [0.2, 0.25) is 0 Å². The van der Waals surface area contributed by atoms with Crippen molar-refractivity contribution in [3.8, 4) is 5.69 Å². The van der Waals surface area contributed by atoms with Crippen molar-refractivity contribution in [1.29, 1.82) is 0 Å². The van der Waals surface area contributed by atoms with Crippen LogP contribution < -0.4 is 0 Å². The standard InChI is InChI=1S/C22H22N6O/c1-3-13-27(14-4-2)29-16-21-26-25-20-15-24-22(18-10-7-8-12-23-18)17-9-5-6-11-19(17)28(20)21/h3-12H,1-2,13-16H2. The average Bonchev–Trinajstić information content (AvgIpc) is 3.08. The molecule has 7 nitrogen and oxygen atoms in total. The lowest BCUT2D eigenvalue weighted by Crippen LogP contribution is -2.25. The maximum absolute atomic E-state index is 5.92. The number of aromatic nitrogens is 4. The molecule has 1 aliphatic rings. The van der Waals surface area contributed by atoms with Gasteiger partial charge in [-0.2, -0.15) is 5.06 Å². The summed E-state index contributed by atoms with van der Waals surface area (Å²) < 4.78 is 2.02. The highest BCUT2D eigenvalue weighted by Gasteiger charge is 2.23. The Morgan fingerprint density at radius 3 is 2.59 bits per heavy atom. The van der Waals surface area contributed by atoms with Crippen molar-refractivity contribution in [3.63, 3.8) is 0 Å². The molecule has 0 saturated carbocycles. The minimum absolute atomic E-state index is 0.280. The van der Waals surface area contributed by atoms with Crippen LogP contribution in [0.15, 0.2) is 79.0 Å². The van der Waals surface area contributed by atoms with Crippen LogP contribution in [0, 0.1) is 0 Å². The fourth-order valence-corrected chi connectivity index (χ4v) is 3.27. The van der Waals surface area contributed by atoms with Gasteiger partial charge in [0.15, 0.2) is 11.6 Å². The van der Waals surface area contributed by atoms with E-state index < -0.39 is 0 Å². The Morgan fingerprint density at radius 2 is 1.83 bits per heavy atom. The monoisotopic (exact) mass is 386 g/mol. The fraction of sp³-hybridized carbons (Fsp3) is 0.182. The van der Waals surface area contributed by atoms with E-state index in [0.29, 0.717) is 25.5 Å². The summed E-state index contributed by atoms with van der Waals surface area (Å²) in [4.78, 5) is 15.2. The molecule has 2 aromatic heterocycles. The second kappa shape index (κ2) is 8.72. The first-order chi connectivity index (χ1) is 14.3. The molecule has 0 bridgehead atoms. The zero-order valence-corrected chi connectivity index (χ0v) is 16.1. The lowest BCUT2D eigenvalue weighted by atomic mass is 10.0. The molecule has 0 fully saturated rings. The van der Waals surface area contributed by atoms with Crippen molar-refractivity contribution >= 4 is 5.71 Å². The Balaban J connectivity index is 1.70. The van der Waals surface area contributed by atoms with Crippen LogP contribution in [0.3, 0.4) is 0 Å². The zero-order chi connectivity index (χ0) is 20.1. The van der Waals surface area contributed by atoms with Gasteiger partial charge in [0.05, 0.1) is 17.1 Å². The van der Waals surface area contributed by atoms with E-state index >= 15 is 0 Å². The van der Waals surface area contributed by atoms with Crippen molar-refractivity contribution in [3.05, 3.63) is 96.9 Å². The third kappa shape index (κ3) is 3.91. The van der Waals surface area contributed by atoms with E-state index in [-0.39, 0.29) is 6.61 Å². The topological polar surface area (TPSA) is 68.4 Å². The van der Waals surface area contributed by atoms with E-state index in [9.17, 15) is 0 Å². The number of hydrogen-bond donors (Lipinski definition) is 0. The number of para-hydroxylation sites is 1. The minimum atomic E-state index is 0.280. The van der Waals surface area contributed by atoms with Crippen molar-refractivity contribution in [2.75, 3.05) is 13.1 Å². The molecule has 0 saturated heterocycles. The first-order valence-electron chi connectivity index (χ1n) is 9.40. The largest absolute Gasteiger partial charge is 0.290 e. The lowest BCUT2D eigenvalue weighted by molar-refractivity contribution is -0.156.